The van der Waals surface area contributed by atoms with E-state index in [1.165, 1.54) is 0 Å². The van der Waals surface area contributed by atoms with E-state index in [0.717, 1.165) is 29.7 Å². The molecule has 7 nitrogen and oxygen atoms in total. The Hall–Kier alpha value is -2.15. The molecule has 1 fully saturated rings. The number of aromatic amines is 1. The van der Waals surface area contributed by atoms with Gasteiger partial charge in [0.1, 0.15) is 0 Å². The molecule has 2 atom stereocenters. The number of rotatable bonds is 4. The predicted molar refractivity (Wildman–Crippen MR) is 79.8 cm³/mol. The number of hydrogen-bond donors (Lipinski definition) is 2. The van der Waals surface area contributed by atoms with Crippen molar-refractivity contribution in [3.63, 3.8) is 0 Å². The van der Waals surface area contributed by atoms with E-state index in [1.54, 1.807) is 17.1 Å². The van der Waals surface area contributed by atoms with Crippen molar-refractivity contribution in [3.8, 4) is 0 Å². The smallest absolute Gasteiger partial charge is 0.226 e. The average molecular weight is 303 g/mol. The Balaban J connectivity index is 1.66. The van der Waals surface area contributed by atoms with Gasteiger partial charge in [-0.15, -0.1) is 0 Å². The second-order valence-corrected chi connectivity index (χ2v) is 5.70. The second-order valence-electron chi connectivity index (χ2n) is 5.70. The van der Waals surface area contributed by atoms with E-state index < -0.39 is 0 Å². The number of nitrogens with one attached hydrogen (secondary N) is 2. The number of aryl methyl sites for hydroxylation is 2. The lowest BCUT2D eigenvalue weighted by Crippen LogP contribution is -2.37. The molecule has 0 spiro atoms. The van der Waals surface area contributed by atoms with Crippen LogP contribution in [0.2, 0.25) is 0 Å². The Labute approximate surface area is 129 Å². The van der Waals surface area contributed by atoms with Crippen molar-refractivity contribution in [1.29, 1.82) is 0 Å². The molecular weight excluding hydrogens is 282 g/mol. The number of aromatic nitrogens is 4. The van der Waals surface area contributed by atoms with Crippen molar-refractivity contribution in [2.75, 3.05) is 6.61 Å². The van der Waals surface area contributed by atoms with Crippen molar-refractivity contribution in [3.05, 3.63) is 35.4 Å². The number of carbonyl (C=O) groups is 1. The van der Waals surface area contributed by atoms with Crippen LogP contribution < -0.4 is 5.32 Å². The molecule has 1 amide bonds. The van der Waals surface area contributed by atoms with Gasteiger partial charge in [-0.25, -0.2) is 0 Å². The van der Waals surface area contributed by atoms with Gasteiger partial charge in [0, 0.05) is 43.7 Å². The van der Waals surface area contributed by atoms with Crippen molar-refractivity contribution >= 4 is 5.91 Å². The highest BCUT2D eigenvalue weighted by Gasteiger charge is 2.33. The minimum atomic E-state index is -0.220. The van der Waals surface area contributed by atoms with Gasteiger partial charge in [0.25, 0.3) is 0 Å². The summed E-state index contributed by atoms with van der Waals surface area (Å²) in [6.45, 7) is 3.12. The fourth-order valence-corrected chi connectivity index (χ4v) is 2.93. The van der Waals surface area contributed by atoms with Crippen LogP contribution in [0.25, 0.3) is 0 Å². The van der Waals surface area contributed by atoms with Crippen LogP contribution in [0.5, 0.6) is 0 Å². The highest BCUT2D eigenvalue weighted by atomic mass is 16.5. The van der Waals surface area contributed by atoms with Gasteiger partial charge in [-0.1, -0.05) is 0 Å². The molecule has 22 heavy (non-hydrogen) atoms. The first-order valence-electron chi connectivity index (χ1n) is 7.52. The fraction of sp³-hybridized carbons (Fsp3) is 0.533. The van der Waals surface area contributed by atoms with Crippen LogP contribution in [0.15, 0.2) is 18.6 Å². The third kappa shape index (κ3) is 3.04. The molecule has 0 aromatic carbocycles. The predicted octanol–water partition coefficient (Wildman–Crippen LogP) is 1.24. The number of nitrogens with zero attached hydrogens (tertiary/aromatic N) is 3. The standard InChI is InChI=1S/C15H21N5O2/c1-10-12(9-20(2)19-10)6-16-15(21)13-4-3-5-22-14(13)11-7-17-18-8-11/h7-9,13-14H,3-6H2,1-2H3,(H,16,21)(H,17,18)/t13-,14+/m1/s1. The van der Waals surface area contributed by atoms with Gasteiger partial charge in [-0.05, 0) is 19.8 Å². The summed E-state index contributed by atoms with van der Waals surface area (Å²) in [5.41, 5.74) is 2.90. The molecule has 0 saturated carbocycles. The summed E-state index contributed by atoms with van der Waals surface area (Å²) in [5.74, 6) is -0.155. The molecule has 1 aliphatic rings. The molecular formula is C15H21N5O2. The lowest BCUT2D eigenvalue weighted by atomic mass is 9.90. The summed E-state index contributed by atoms with van der Waals surface area (Å²) in [6.07, 6.45) is 6.96. The van der Waals surface area contributed by atoms with E-state index in [0.29, 0.717) is 13.2 Å². The van der Waals surface area contributed by atoms with Crippen LogP contribution in [-0.4, -0.2) is 32.5 Å². The van der Waals surface area contributed by atoms with E-state index >= 15 is 0 Å². The van der Waals surface area contributed by atoms with Gasteiger partial charge in [-0.3, -0.25) is 14.6 Å². The van der Waals surface area contributed by atoms with Crippen LogP contribution in [0.3, 0.4) is 0 Å². The Morgan fingerprint density at radius 3 is 3.14 bits per heavy atom. The summed E-state index contributed by atoms with van der Waals surface area (Å²) in [6, 6.07) is 0. The van der Waals surface area contributed by atoms with Gasteiger partial charge >= 0.3 is 0 Å². The zero-order valence-corrected chi connectivity index (χ0v) is 12.9. The molecule has 1 aliphatic heterocycles. The molecule has 7 heteroatoms. The SMILES string of the molecule is Cc1nn(C)cc1CNC(=O)[C@@H]1CCCO[C@H]1c1cn[nH]c1. The fourth-order valence-electron chi connectivity index (χ4n) is 2.93. The summed E-state index contributed by atoms with van der Waals surface area (Å²) in [4.78, 5) is 12.5. The second kappa shape index (κ2) is 6.31. The third-order valence-corrected chi connectivity index (χ3v) is 4.08. The quantitative estimate of drug-likeness (QED) is 0.890. The Bertz CT molecular complexity index is 634. The van der Waals surface area contributed by atoms with E-state index in [1.807, 2.05) is 20.2 Å². The zero-order valence-electron chi connectivity index (χ0n) is 12.9. The minimum Gasteiger partial charge on any atom is -0.373 e. The molecule has 0 bridgehead atoms. The third-order valence-electron chi connectivity index (χ3n) is 4.08. The molecule has 3 heterocycles. The summed E-state index contributed by atoms with van der Waals surface area (Å²) in [7, 11) is 1.88. The van der Waals surface area contributed by atoms with Gasteiger partial charge in [0.05, 0.1) is 23.9 Å². The lowest BCUT2D eigenvalue weighted by molar-refractivity contribution is -0.134. The van der Waals surface area contributed by atoms with Gasteiger partial charge < -0.3 is 10.1 Å². The molecule has 3 rings (SSSR count). The molecule has 0 radical (unpaired) electrons. The number of ether oxygens (including phenoxy) is 1. The number of H-pyrrole nitrogens is 1. The zero-order chi connectivity index (χ0) is 15.5. The first kappa shape index (κ1) is 14.8. The number of amides is 1. The van der Waals surface area contributed by atoms with Gasteiger partial charge in [0.15, 0.2) is 0 Å². The highest BCUT2D eigenvalue weighted by molar-refractivity contribution is 5.79. The van der Waals surface area contributed by atoms with E-state index in [-0.39, 0.29) is 17.9 Å². The minimum absolute atomic E-state index is 0.0224. The maximum Gasteiger partial charge on any atom is 0.226 e. The van der Waals surface area contributed by atoms with Gasteiger partial charge in [0.2, 0.25) is 5.91 Å². The summed E-state index contributed by atoms with van der Waals surface area (Å²) < 4.78 is 7.56. The first-order chi connectivity index (χ1) is 10.6. The number of carbonyl (C=O) groups excluding carboxylic acids is 1. The van der Waals surface area contributed by atoms with Crippen LogP contribution in [0.1, 0.15) is 35.8 Å². The topological polar surface area (TPSA) is 84.8 Å². The molecule has 1 saturated heterocycles. The Morgan fingerprint density at radius 1 is 1.59 bits per heavy atom. The molecule has 2 aromatic heterocycles. The van der Waals surface area contributed by atoms with Crippen molar-refractivity contribution in [2.24, 2.45) is 13.0 Å². The molecule has 0 unspecified atom stereocenters. The Kier molecular flexibility index (Phi) is 4.24. The van der Waals surface area contributed by atoms with E-state index in [4.69, 9.17) is 4.74 Å². The molecule has 0 aliphatic carbocycles. The number of hydrogen-bond acceptors (Lipinski definition) is 4. The van der Waals surface area contributed by atoms with Gasteiger partial charge in [-0.2, -0.15) is 10.2 Å². The summed E-state index contributed by atoms with van der Waals surface area (Å²) in [5, 5.41) is 14.0. The van der Waals surface area contributed by atoms with Crippen LogP contribution >= 0.6 is 0 Å². The van der Waals surface area contributed by atoms with Crippen LogP contribution in [0, 0.1) is 12.8 Å². The maximum absolute atomic E-state index is 12.5. The van der Waals surface area contributed by atoms with Crippen molar-refractivity contribution in [1.82, 2.24) is 25.3 Å². The van der Waals surface area contributed by atoms with Crippen LogP contribution in [0.4, 0.5) is 0 Å². The first-order valence-corrected chi connectivity index (χ1v) is 7.52. The summed E-state index contributed by atoms with van der Waals surface area (Å²) >= 11 is 0. The molecule has 2 aromatic rings. The van der Waals surface area contributed by atoms with E-state index in [2.05, 4.69) is 20.6 Å². The van der Waals surface area contributed by atoms with Crippen molar-refractivity contribution in [2.45, 2.75) is 32.4 Å². The normalized spacial score (nSPS) is 21.7. The Morgan fingerprint density at radius 2 is 2.45 bits per heavy atom. The van der Waals surface area contributed by atoms with E-state index in [9.17, 15) is 4.79 Å². The lowest BCUT2D eigenvalue weighted by Gasteiger charge is -2.30. The molecule has 118 valence electrons. The van der Waals surface area contributed by atoms with Crippen molar-refractivity contribution < 1.29 is 9.53 Å². The maximum atomic E-state index is 12.5. The average Bonchev–Trinajstić information content (AvgIpc) is 3.14. The highest BCUT2D eigenvalue weighted by Crippen LogP contribution is 2.33. The van der Waals surface area contributed by atoms with Crippen LogP contribution in [-0.2, 0) is 23.1 Å². The largest absolute Gasteiger partial charge is 0.373 e. The molecule has 2 N–H and O–H groups in total. The monoisotopic (exact) mass is 303 g/mol.